The number of carboxylic acids is 1. The van der Waals surface area contributed by atoms with Gasteiger partial charge in [-0.1, -0.05) is 55.1 Å². The number of thiazole rings is 1. The van der Waals surface area contributed by atoms with Gasteiger partial charge in [0.2, 0.25) is 5.95 Å². The Bertz CT molecular complexity index is 1280. The molecule has 4 rings (SSSR count). The molecule has 35 heavy (non-hydrogen) atoms. The van der Waals surface area contributed by atoms with Crippen molar-refractivity contribution >= 4 is 58.2 Å². The maximum absolute atomic E-state index is 11.4. The first-order valence-electron chi connectivity index (χ1n) is 11.2. The topological polar surface area (TPSA) is 79.2 Å². The van der Waals surface area contributed by atoms with Crippen LogP contribution in [-0.4, -0.2) is 37.3 Å². The summed E-state index contributed by atoms with van der Waals surface area (Å²) >= 11 is 2.77. The van der Waals surface area contributed by atoms with Crippen LogP contribution in [0.2, 0.25) is 0 Å². The summed E-state index contributed by atoms with van der Waals surface area (Å²) < 4.78 is -0.140. The van der Waals surface area contributed by atoms with E-state index in [9.17, 15) is 9.90 Å². The second-order valence-corrected chi connectivity index (χ2v) is 11.3. The van der Waals surface area contributed by atoms with Crippen molar-refractivity contribution in [3.05, 3.63) is 77.1 Å². The van der Waals surface area contributed by atoms with E-state index in [1.54, 1.807) is 13.8 Å². The molecule has 0 saturated heterocycles. The van der Waals surface area contributed by atoms with Gasteiger partial charge >= 0.3 is 5.97 Å². The lowest BCUT2D eigenvalue weighted by atomic mass is 10.1. The van der Waals surface area contributed by atoms with E-state index in [2.05, 4.69) is 69.2 Å². The number of anilines is 1. The normalized spacial score (nSPS) is 11.3. The lowest BCUT2D eigenvalue weighted by molar-refractivity contribution is -0.138. The van der Waals surface area contributed by atoms with Crippen LogP contribution in [0.5, 0.6) is 0 Å². The number of halogens is 1. The number of fused-ring (bicyclic) bond motifs is 1. The van der Waals surface area contributed by atoms with Crippen LogP contribution in [0.25, 0.3) is 10.8 Å². The van der Waals surface area contributed by atoms with E-state index in [1.165, 1.54) is 39.4 Å². The largest absolute Gasteiger partial charge is 0.480 e. The first kappa shape index (κ1) is 26.9. The second kappa shape index (κ2) is 11.8. The average Bonchev–Trinajstić information content (AvgIpc) is 3.28. The minimum Gasteiger partial charge on any atom is -0.480 e. The molecule has 0 fully saturated rings. The summed E-state index contributed by atoms with van der Waals surface area (Å²) in [5, 5.41) is 13.8. The van der Waals surface area contributed by atoms with E-state index in [1.807, 2.05) is 17.8 Å². The zero-order valence-corrected chi connectivity index (χ0v) is 22.4. The van der Waals surface area contributed by atoms with Crippen molar-refractivity contribution in [2.24, 2.45) is 0 Å². The molecule has 9 heteroatoms. The minimum atomic E-state index is -0.911. The SMILES string of the molecule is CCc1cnc(N(CCc2csc(SC(C)(C)C(=O)O)n2)Cc2ccc3ccccc3c2)nc1.Cl. The molecule has 2 aromatic carbocycles. The molecule has 0 saturated carbocycles. The number of hydrogen-bond donors (Lipinski definition) is 1. The van der Waals surface area contributed by atoms with Gasteiger partial charge in [0.25, 0.3) is 0 Å². The van der Waals surface area contributed by atoms with E-state index in [4.69, 9.17) is 0 Å². The summed E-state index contributed by atoms with van der Waals surface area (Å²) in [6, 6.07) is 14.9. The molecule has 0 aliphatic carbocycles. The fraction of sp³-hybridized carbons (Fsp3) is 0.308. The average molecular weight is 529 g/mol. The molecule has 4 aromatic rings. The van der Waals surface area contributed by atoms with Crippen LogP contribution in [0.3, 0.4) is 0 Å². The van der Waals surface area contributed by atoms with E-state index in [0.717, 1.165) is 28.4 Å². The number of thioether (sulfide) groups is 1. The van der Waals surface area contributed by atoms with Crippen LogP contribution in [0.1, 0.15) is 37.6 Å². The molecule has 0 amide bonds. The number of benzene rings is 2. The Morgan fingerprint density at radius 2 is 1.80 bits per heavy atom. The van der Waals surface area contributed by atoms with Crippen LogP contribution in [0.15, 0.2) is 64.6 Å². The molecule has 1 N–H and O–H groups in total. The fourth-order valence-electron chi connectivity index (χ4n) is 3.46. The van der Waals surface area contributed by atoms with E-state index < -0.39 is 10.7 Å². The summed E-state index contributed by atoms with van der Waals surface area (Å²) in [6.45, 7) is 6.88. The van der Waals surface area contributed by atoms with E-state index in [-0.39, 0.29) is 12.4 Å². The van der Waals surface area contributed by atoms with Gasteiger partial charge in [-0.15, -0.1) is 23.7 Å². The molecule has 0 radical (unpaired) electrons. The summed E-state index contributed by atoms with van der Waals surface area (Å²) in [4.78, 5) is 27.5. The molecule has 6 nitrogen and oxygen atoms in total. The van der Waals surface area contributed by atoms with Gasteiger partial charge in [0.05, 0.1) is 5.69 Å². The van der Waals surface area contributed by atoms with Crippen molar-refractivity contribution in [2.75, 3.05) is 11.4 Å². The Labute approximate surface area is 220 Å². The molecule has 2 heterocycles. The van der Waals surface area contributed by atoms with Gasteiger partial charge in [0, 0.05) is 37.3 Å². The summed E-state index contributed by atoms with van der Waals surface area (Å²) in [5.74, 6) is -0.148. The number of aryl methyl sites for hydroxylation is 1. The number of carbonyl (C=O) groups is 1. The monoisotopic (exact) mass is 528 g/mol. The molecular weight excluding hydrogens is 500 g/mol. The van der Waals surface area contributed by atoms with Gasteiger partial charge in [0.1, 0.15) is 4.75 Å². The van der Waals surface area contributed by atoms with Gasteiger partial charge in [-0.05, 0) is 48.2 Å². The highest BCUT2D eigenvalue weighted by atomic mass is 35.5. The smallest absolute Gasteiger partial charge is 0.319 e. The second-order valence-electron chi connectivity index (χ2n) is 8.62. The third-order valence-electron chi connectivity index (χ3n) is 5.60. The number of rotatable bonds is 10. The quantitative estimate of drug-likeness (QED) is 0.243. The Balaban J connectivity index is 0.00000342. The number of nitrogens with zero attached hydrogens (tertiary/aromatic N) is 4. The number of hydrogen-bond acceptors (Lipinski definition) is 7. The summed E-state index contributed by atoms with van der Waals surface area (Å²) in [5.41, 5.74) is 3.25. The van der Waals surface area contributed by atoms with Gasteiger partial charge in [-0.3, -0.25) is 4.79 Å². The van der Waals surface area contributed by atoms with Crippen molar-refractivity contribution in [1.29, 1.82) is 0 Å². The van der Waals surface area contributed by atoms with Crippen molar-refractivity contribution in [1.82, 2.24) is 15.0 Å². The molecule has 184 valence electrons. The Morgan fingerprint density at radius 3 is 2.49 bits per heavy atom. The molecule has 0 bridgehead atoms. The predicted octanol–water partition coefficient (Wildman–Crippen LogP) is 6.28. The zero-order valence-electron chi connectivity index (χ0n) is 20.0. The van der Waals surface area contributed by atoms with Gasteiger partial charge in [-0.25, -0.2) is 15.0 Å². The van der Waals surface area contributed by atoms with Gasteiger partial charge in [-0.2, -0.15) is 0 Å². The minimum absolute atomic E-state index is 0. The van der Waals surface area contributed by atoms with Crippen LogP contribution < -0.4 is 4.90 Å². The highest BCUT2D eigenvalue weighted by Gasteiger charge is 2.29. The lowest BCUT2D eigenvalue weighted by Gasteiger charge is -2.23. The van der Waals surface area contributed by atoms with E-state index in [0.29, 0.717) is 19.0 Å². The third kappa shape index (κ3) is 6.93. The van der Waals surface area contributed by atoms with Crippen LogP contribution in [0, 0.1) is 0 Å². The Hall–Kier alpha value is -2.68. The van der Waals surface area contributed by atoms with Crippen molar-refractivity contribution < 1.29 is 9.90 Å². The maximum Gasteiger partial charge on any atom is 0.319 e. The summed E-state index contributed by atoms with van der Waals surface area (Å²) in [7, 11) is 0. The molecule has 0 aliphatic rings. The fourth-order valence-corrected chi connectivity index (χ4v) is 5.69. The van der Waals surface area contributed by atoms with Crippen LogP contribution in [0.4, 0.5) is 5.95 Å². The molecule has 0 spiro atoms. The first-order chi connectivity index (χ1) is 16.3. The highest BCUT2D eigenvalue weighted by molar-refractivity contribution is 8.03. The molecule has 0 aliphatic heterocycles. The van der Waals surface area contributed by atoms with Crippen molar-refractivity contribution in [3.8, 4) is 0 Å². The van der Waals surface area contributed by atoms with Crippen molar-refractivity contribution in [3.63, 3.8) is 0 Å². The van der Waals surface area contributed by atoms with Crippen LogP contribution >= 0.6 is 35.5 Å². The summed E-state index contributed by atoms with van der Waals surface area (Å²) in [6.07, 6.45) is 5.40. The number of aliphatic carboxylic acids is 1. The van der Waals surface area contributed by atoms with Gasteiger partial charge in [0.15, 0.2) is 4.34 Å². The Kier molecular flexibility index (Phi) is 9.10. The number of aromatic nitrogens is 3. The predicted molar refractivity (Wildman–Crippen MR) is 147 cm³/mol. The molecule has 2 aromatic heterocycles. The van der Waals surface area contributed by atoms with Crippen molar-refractivity contribution in [2.45, 2.75) is 49.2 Å². The third-order valence-corrected chi connectivity index (χ3v) is 7.77. The first-order valence-corrected chi connectivity index (χ1v) is 12.9. The van der Waals surface area contributed by atoms with Gasteiger partial charge < -0.3 is 10.0 Å². The molecular formula is C26H29ClN4O2S2. The highest BCUT2D eigenvalue weighted by Crippen LogP contribution is 2.34. The Morgan fingerprint density at radius 1 is 1.09 bits per heavy atom. The zero-order chi connectivity index (χ0) is 24.1. The molecule has 0 unspecified atom stereocenters. The van der Waals surface area contributed by atoms with E-state index >= 15 is 0 Å². The van der Waals surface area contributed by atoms with Crippen LogP contribution in [-0.2, 0) is 24.2 Å². The lowest BCUT2D eigenvalue weighted by Crippen LogP contribution is -2.27. The number of carboxylic acid groups (broad SMARTS) is 1. The molecule has 0 atom stereocenters. The standard InChI is InChI=1S/C26H28N4O2S2.ClH/c1-4-18-14-27-24(28-15-18)30(16-19-9-10-20-7-5-6-8-21(20)13-19)12-11-22-17-33-25(29-22)34-26(2,3)23(31)32;/h5-10,13-15,17H,4,11-12,16H2,1-3H3,(H,31,32);1H. The maximum atomic E-state index is 11.4.